The van der Waals surface area contributed by atoms with E-state index in [0.29, 0.717) is 19.3 Å². The maximum Gasteiger partial charge on any atom is 0.207 e. The fraction of sp³-hybridized carbons (Fsp3) is 0.833. The van der Waals surface area contributed by atoms with Gasteiger partial charge in [0.25, 0.3) is 0 Å². The van der Waals surface area contributed by atoms with Gasteiger partial charge in [-0.1, -0.05) is 0 Å². The van der Waals surface area contributed by atoms with Gasteiger partial charge in [-0.2, -0.15) is 0 Å². The minimum Gasteiger partial charge on any atom is -0.356 e. The highest BCUT2D eigenvalue weighted by Gasteiger charge is 2.22. The number of carbonyl (C=O) groups excluding carboxylic acids is 1. The van der Waals surface area contributed by atoms with Crippen LogP contribution >= 0.6 is 0 Å². The van der Waals surface area contributed by atoms with Crippen LogP contribution in [0.3, 0.4) is 0 Å². The fourth-order valence-electron chi connectivity index (χ4n) is 1.15. The average Bonchev–Trinajstić information content (AvgIpc) is 1.94. The molecule has 1 saturated heterocycles. The van der Waals surface area contributed by atoms with Crippen molar-refractivity contribution in [2.45, 2.75) is 18.9 Å². The molecule has 64 valence electrons. The third kappa shape index (κ3) is 2.49. The number of hydrogen-bond acceptors (Lipinski definition) is 3. The molecule has 1 rings (SSSR count). The third-order valence-electron chi connectivity index (χ3n) is 1.86. The van der Waals surface area contributed by atoms with Crippen LogP contribution in [-0.4, -0.2) is 32.4 Å². The normalized spacial score (nSPS) is 24.4. The maximum atomic E-state index is 10.9. The number of sulfone groups is 1. The highest BCUT2D eigenvalue weighted by molar-refractivity contribution is 7.91. The van der Waals surface area contributed by atoms with Gasteiger partial charge in [0.2, 0.25) is 6.41 Å². The first-order valence-corrected chi connectivity index (χ1v) is 5.36. The van der Waals surface area contributed by atoms with E-state index in [9.17, 15) is 13.2 Å². The van der Waals surface area contributed by atoms with Crippen molar-refractivity contribution in [3.05, 3.63) is 0 Å². The second-order valence-corrected chi connectivity index (χ2v) is 5.01. The number of hydrogen-bond donors (Lipinski definition) is 1. The molecule has 0 saturated carbocycles. The van der Waals surface area contributed by atoms with E-state index in [0.717, 1.165) is 0 Å². The number of rotatable bonds is 2. The molecule has 1 N–H and O–H groups in total. The summed E-state index contributed by atoms with van der Waals surface area (Å²) in [6.07, 6.45) is 1.74. The van der Waals surface area contributed by atoms with Gasteiger partial charge in [-0.25, -0.2) is 8.42 Å². The molecule has 0 aliphatic carbocycles. The van der Waals surface area contributed by atoms with E-state index in [2.05, 4.69) is 5.32 Å². The minimum atomic E-state index is -2.79. The fourth-order valence-corrected chi connectivity index (χ4v) is 2.64. The molecule has 1 aliphatic rings. The summed E-state index contributed by atoms with van der Waals surface area (Å²) in [5.41, 5.74) is 0. The Balaban J connectivity index is 2.42. The van der Waals surface area contributed by atoms with Gasteiger partial charge >= 0.3 is 0 Å². The van der Waals surface area contributed by atoms with Crippen LogP contribution < -0.4 is 5.32 Å². The Labute approximate surface area is 65.9 Å². The van der Waals surface area contributed by atoms with Crippen LogP contribution in [0.5, 0.6) is 0 Å². The Bertz CT molecular complexity index is 220. The number of carbonyl (C=O) groups is 1. The predicted octanol–water partition coefficient (Wildman–Crippen LogP) is -0.690. The van der Waals surface area contributed by atoms with E-state index in [4.69, 9.17) is 0 Å². The lowest BCUT2D eigenvalue weighted by Gasteiger charge is -2.20. The molecule has 1 amide bonds. The molecule has 4 nitrogen and oxygen atoms in total. The highest BCUT2D eigenvalue weighted by atomic mass is 32.2. The van der Waals surface area contributed by atoms with Gasteiger partial charge in [0.05, 0.1) is 11.5 Å². The van der Waals surface area contributed by atoms with E-state index < -0.39 is 9.84 Å². The first kappa shape index (κ1) is 8.52. The van der Waals surface area contributed by atoms with Crippen molar-refractivity contribution in [3.8, 4) is 0 Å². The average molecular weight is 177 g/mol. The summed E-state index contributed by atoms with van der Waals surface area (Å²) in [6, 6.07) is 0.0658. The lowest BCUT2D eigenvalue weighted by atomic mass is 10.2. The monoisotopic (exact) mass is 177 g/mol. The molecule has 5 heteroatoms. The van der Waals surface area contributed by atoms with Crippen LogP contribution in [0.4, 0.5) is 0 Å². The van der Waals surface area contributed by atoms with Crippen LogP contribution in [0.2, 0.25) is 0 Å². The molecule has 11 heavy (non-hydrogen) atoms. The zero-order valence-corrected chi connectivity index (χ0v) is 6.93. The van der Waals surface area contributed by atoms with Crippen LogP contribution in [-0.2, 0) is 14.6 Å². The van der Waals surface area contributed by atoms with Gasteiger partial charge in [0.1, 0.15) is 9.84 Å². The van der Waals surface area contributed by atoms with Gasteiger partial charge in [0.15, 0.2) is 0 Å². The largest absolute Gasteiger partial charge is 0.356 e. The summed E-state index contributed by atoms with van der Waals surface area (Å²) in [4.78, 5) is 9.97. The predicted molar refractivity (Wildman–Crippen MR) is 40.9 cm³/mol. The quantitative estimate of drug-likeness (QED) is 0.568. The van der Waals surface area contributed by atoms with E-state index >= 15 is 0 Å². The summed E-state index contributed by atoms with van der Waals surface area (Å²) in [5, 5.41) is 2.58. The number of nitrogens with one attached hydrogen (secondary N) is 1. The molecule has 0 aromatic carbocycles. The molecule has 1 aliphatic heterocycles. The Hall–Kier alpha value is -0.580. The van der Waals surface area contributed by atoms with Gasteiger partial charge in [-0.05, 0) is 12.8 Å². The highest BCUT2D eigenvalue weighted by Crippen LogP contribution is 2.11. The maximum absolute atomic E-state index is 10.9. The van der Waals surface area contributed by atoms with Crippen LogP contribution in [0.1, 0.15) is 12.8 Å². The summed E-state index contributed by atoms with van der Waals surface area (Å²) < 4.78 is 21.8. The molecule has 0 aromatic heterocycles. The second-order valence-electron chi connectivity index (χ2n) is 2.71. The van der Waals surface area contributed by atoms with Crippen LogP contribution in [0, 0.1) is 0 Å². The third-order valence-corrected chi connectivity index (χ3v) is 3.57. The minimum absolute atomic E-state index is 0.0658. The van der Waals surface area contributed by atoms with Gasteiger partial charge in [0, 0.05) is 6.04 Å². The molecular formula is C6H11NO3S. The van der Waals surface area contributed by atoms with E-state index in [1.54, 1.807) is 0 Å². The molecule has 0 atom stereocenters. The van der Waals surface area contributed by atoms with Crippen molar-refractivity contribution in [1.82, 2.24) is 5.32 Å². The van der Waals surface area contributed by atoms with Crippen molar-refractivity contribution < 1.29 is 13.2 Å². The van der Waals surface area contributed by atoms with Gasteiger partial charge in [-0.3, -0.25) is 4.79 Å². The summed E-state index contributed by atoms with van der Waals surface area (Å²) >= 11 is 0. The zero-order valence-electron chi connectivity index (χ0n) is 6.12. The topological polar surface area (TPSA) is 63.2 Å². The van der Waals surface area contributed by atoms with Gasteiger partial charge < -0.3 is 5.32 Å². The second kappa shape index (κ2) is 3.21. The van der Waals surface area contributed by atoms with Crippen molar-refractivity contribution in [2.75, 3.05) is 11.5 Å². The summed E-state index contributed by atoms with van der Waals surface area (Å²) in [7, 11) is -2.79. The Morgan fingerprint density at radius 1 is 1.27 bits per heavy atom. The van der Waals surface area contributed by atoms with Crippen molar-refractivity contribution in [3.63, 3.8) is 0 Å². The first-order valence-electron chi connectivity index (χ1n) is 3.54. The molecule has 0 aromatic rings. The van der Waals surface area contributed by atoms with E-state index in [-0.39, 0.29) is 17.5 Å². The molecule has 0 bridgehead atoms. The summed E-state index contributed by atoms with van der Waals surface area (Å²) in [5.74, 6) is 0.414. The summed E-state index contributed by atoms with van der Waals surface area (Å²) in [6.45, 7) is 0. The smallest absolute Gasteiger partial charge is 0.207 e. The SMILES string of the molecule is O=CNC1CCS(=O)(=O)CC1. The number of amides is 1. The Morgan fingerprint density at radius 2 is 1.82 bits per heavy atom. The van der Waals surface area contributed by atoms with Crippen LogP contribution in [0.15, 0.2) is 0 Å². The molecular weight excluding hydrogens is 166 g/mol. The standard InChI is InChI=1S/C6H11NO3S/c8-5-7-6-1-3-11(9,10)4-2-6/h5-6H,1-4H2,(H,7,8). The molecule has 1 heterocycles. The van der Waals surface area contributed by atoms with E-state index in [1.165, 1.54) is 0 Å². The Morgan fingerprint density at radius 3 is 2.27 bits per heavy atom. The van der Waals surface area contributed by atoms with Crippen molar-refractivity contribution in [2.24, 2.45) is 0 Å². The van der Waals surface area contributed by atoms with Gasteiger partial charge in [-0.15, -0.1) is 0 Å². The van der Waals surface area contributed by atoms with Crippen LogP contribution in [0.25, 0.3) is 0 Å². The van der Waals surface area contributed by atoms with Crippen molar-refractivity contribution in [1.29, 1.82) is 0 Å². The van der Waals surface area contributed by atoms with Crippen molar-refractivity contribution >= 4 is 16.2 Å². The molecule has 0 spiro atoms. The van der Waals surface area contributed by atoms with E-state index in [1.807, 2.05) is 0 Å². The molecule has 1 fully saturated rings. The first-order chi connectivity index (χ1) is 5.14. The lowest BCUT2D eigenvalue weighted by molar-refractivity contribution is -0.110. The Kier molecular flexibility index (Phi) is 2.49. The molecule has 0 radical (unpaired) electrons. The lowest BCUT2D eigenvalue weighted by Crippen LogP contribution is -2.36. The zero-order chi connectivity index (χ0) is 8.32. The molecule has 0 unspecified atom stereocenters.